The van der Waals surface area contributed by atoms with E-state index in [1.165, 1.54) is 31.4 Å². The molecule has 0 unspecified atom stereocenters. The lowest BCUT2D eigenvalue weighted by Crippen LogP contribution is -2.27. The lowest BCUT2D eigenvalue weighted by Gasteiger charge is -2.20. The van der Waals surface area contributed by atoms with Crippen LogP contribution in [0, 0.1) is 6.92 Å². The van der Waals surface area contributed by atoms with Gasteiger partial charge >= 0.3 is 5.97 Å². The van der Waals surface area contributed by atoms with Gasteiger partial charge in [0.2, 0.25) is 0 Å². The summed E-state index contributed by atoms with van der Waals surface area (Å²) in [6.07, 6.45) is 2.97. The van der Waals surface area contributed by atoms with Gasteiger partial charge in [0.05, 0.1) is 22.3 Å². The van der Waals surface area contributed by atoms with Gasteiger partial charge in [-0.3, -0.25) is 9.29 Å². The van der Waals surface area contributed by atoms with Crippen molar-refractivity contribution in [3.05, 3.63) is 53.9 Å². The largest absolute Gasteiger partial charge is 0.478 e. The zero-order chi connectivity index (χ0) is 15.6. The van der Waals surface area contributed by atoms with Crippen LogP contribution in [0.4, 0.5) is 5.69 Å². The van der Waals surface area contributed by atoms with Crippen LogP contribution in [0.25, 0.3) is 0 Å². The molecule has 0 radical (unpaired) electrons. The third-order valence-electron chi connectivity index (χ3n) is 3.08. The molecular formula is C14H14N2O4S. The van der Waals surface area contributed by atoms with Crippen molar-refractivity contribution in [3.63, 3.8) is 0 Å². The number of carboxylic acid groups (broad SMARTS) is 1. The second-order valence-electron chi connectivity index (χ2n) is 4.47. The van der Waals surface area contributed by atoms with E-state index in [0.29, 0.717) is 11.3 Å². The van der Waals surface area contributed by atoms with Crippen molar-refractivity contribution < 1.29 is 18.3 Å². The molecule has 6 nitrogen and oxygen atoms in total. The number of anilines is 1. The molecule has 0 spiro atoms. The summed E-state index contributed by atoms with van der Waals surface area (Å²) in [4.78, 5) is 14.9. The summed E-state index contributed by atoms with van der Waals surface area (Å²) in [7, 11) is -2.45. The second-order valence-corrected chi connectivity index (χ2v) is 6.41. The molecule has 110 valence electrons. The van der Waals surface area contributed by atoms with E-state index in [1.807, 2.05) is 0 Å². The van der Waals surface area contributed by atoms with Crippen molar-refractivity contribution in [3.8, 4) is 0 Å². The van der Waals surface area contributed by atoms with Gasteiger partial charge in [-0.2, -0.15) is 0 Å². The Morgan fingerprint density at radius 3 is 2.57 bits per heavy atom. The quantitative estimate of drug-likeness (QED) is 0.932. The average Bonchev–Trinajstić information content (AvgIpc) is 2.47. The third-order valence-corrected chi connectivity index (χ3v) is 5.01. The molecule has 1 N–H and O–H groups in total. The molecule has 2 aromatic rings. The molecule has 7 heteroatoms. The van der Waals surface area contributed by atoms with Crippen LogP contribution in [0.2, 0.25) is 0 Å². The molecule has 21 heavy (non-hydrogen) atoms. The summed E-state index contributed by atoms with van der Waals surface area (Å²) in [5.41, 5.74) is 0.812. The first kappa shape index (κ1) is 15.0. The van der Waals surface area contributed by atoms with Crippen LogP contribution in [0.5, 0.6) is 0 Å². The molecule has 0 bridgehead atoms. The minimum atomic E-state index is -3.85. The van der Waals surface area contributed by atoms with Crippen molar-refractivity contribution in [1.29, 1.82) is 0 Å². The highest BCUT2D eigenvalue weighted by Crippen LogP contribution is 2.24. The number of aromatic carboxylic acids is 1. The Hall–Kier alpha value is -2.41. The highest BCUT2D eigenvalue weighted by atomic mass is 32.2. The zero-order valence-electron chi connectivity index (χ0n) is 11.5. The zero-order valence-corrected chi connectivity index (χ0v) is 12.3. The van der Waals surface area contributed by atoms with Gasteiger partial charge in [-0.1, -0.05) is 6.07 Å². The molecule has 2 rings (SSSR count). The monoisotopic (exact) mass is 306 g/mol. The molecule has 0 atom stereocenters. The summed E-state index contributed by atoms with van der Waals surface area (Å²) < 4.78 is 26.3. The normalized spacial score (nSPS) is 11.1. The molecule has 1 aromatic carbocycles. The van der Waals surface area contributed by atoms with Crippen LogP contribution in [-0.2, 0) is 10.0 Å². The van der Waals surface area contributed by atoms with E-state index in [2.05, 4.69) is 4.98 Å². The predicted molar refractivity (Wildman–Crippen MR) is 78.0 cm³/mol. The van der Waals surface area contributed by atoms with Crippen molar-refractivity contribution in [2.45, 2.75) is 11.8 Å². The van der Waals surface area contributed by atoms with Crippen LogP contribution in [0.3, 0.4) is 0 Å². The molecule has 0 fully saturated rings. The maximum absolute atomic E-state index is 12.6. The van der Waals surface area contributed by atoms with E-state index in [9.17, 15) is 13.2 Å². The number of carboxylic acids is 1. The molecular weight excluding hydrogens is 292 g/mol. The van der Waals surface area contributed by atoms with Crippen molar-refractivity contribution in [2.24, 2.45) is 0 Å². The average molecular weight is 306 g/mol. The Morgan fingerprint density at radius 2 is 2.00 bits per heavy atom. The predicted octanol–water partition coefficient (Wildman–Crippen LogP) is 1.91. The van der Waals surface area contributed by atoms with Crippen LogP contribution in [0.1, 0.15) is 15.9 Å². The lowest BCUT2D eigenvalue weighted by molar-refractivity contribution is 0.0696. The number of hydrogen-bond acceptors (Lipinski definition) is 4. The molecule has 0 saturated carbocycles. The maximum atomic E-state index is 12.6. The highest BCUT2D eigenvalue weighted by Gasteiger charge is 2.24. The van der Waals surface area contributed by atoms with Gasteiger partial charge in [0.15, 0.2) is 0 Å². The minimum absolute atomic E-state index is 0.0336. The maximum Gasteiger partial charge on any atom is 0.335 e. The molecule has 0 aliphatic heterocycles. The SMILES string of the molecule is Cc1ccc(C(=O)O)cc1S(=O)(=O)N(C)c1cccnc1. The number of carbonyl (C=O) groups is 1. The molecule has 1 heterocycles. The van der Waals surface area contributed by atoms with Gasteiger partial charge < -0.3 is 5.11 Å². The van der Waals surface area contributed by atoms with Crippen LogP contribution in [0.15, 0.2) is 47.6 Å². The summed E-state index contributed by atoms with van der Waals surface area (Å²) in [5, 5.41) is 9.00. The van der Waals surface area contributed by atoms with Crippen LogP contribution in [-0.4, -0.2) is 31.5 Å². The summed E-state index contributed by atoms with van der Waals surface area (Å²) in [5.74, 6) is -1.17. The standard InChI is InChI=1S/C14H14N2O4S/c1-10-5-6-11(14(17)18)8-13(10)21(19,20)16(2)12-4-3-7-15-9-12/h3-9H,1-2H3,(H,17,18). The van der Waals surface area contributed by atoms with Gasteiger partial charge in [0.1, 0.15) is 0 Å². The van der Waals surface area contributed by atoms with Crippen molar-refractivity contribution in [2.75, 3.05) is 11.4 Å². The van der Waals surface area contributed by atoms with E-state index in [-0.39, 0.29) is 10.5 Å². The van der Waals surface area contributed by atoms with E-state index in [1.54, 1.807) is 25.3 Å². The summed E-state index contributed by atoms with van der Waals surface area (Å²) >= 11 is 0. The number of benzene rings is 1. The molecule has 0 aliphatic rings. The Bertz CT molecular complexity index is 773. The van der Waals surface area contributed by atoms with Crippen molar-refractivity contribution in [1.82, 2.24) is 4.98 Å². The number of rotatable bonds is 4. The first-order valence-electron chi connectivity index (χ1n) is 6.07. The minimum Gasteiger partial charge on any atom is -0.478 e. The molecule has 0 aliphatic carbocycles. The van der Waals surface area contributed by atoms with Crippen molar-refractivity contribution >= 4 is 21.7 Å². The Labute approximate surface area is 122 Å². The van der Waals surface area contributed by atoms with E-state index in [0.717, 1.165) is 4.31 Å². The third kappa shape index (κ3) is 2.87. The van der Waals surface area contributed by atoms with Crippen LogP contribution < -0.4 is 4.31 Å². The van der Waals surface area contributed by atoms with E-state index < -0.39 is 16.0 Å². The number of aryl methyl sites for hydroxylation is 1. The highest BCUT2D eigenvalue weighted by molar-refractivity contribution is 7.92. The smallest absolute Gasteiger partial charge is 0.335 e. The van der Waals surface area contributed by atoms with Gasteiger partial charge in [0, 0.05) is 13.2 Å². The summed E-state index contributed by atoms with van der Waals surface area (Å²) in [6.45, 7) is 1.62. The summed E-state index contributed by atoms with van der Waals surface area (Å²) in [6, 6.07) is 7.26. The van der Waals surface area contributed by atoms with E-state index in [4.69, 9.17) is 5.11 Å². The first-order chi connectivity index (χ1) is 9.84. The van der Waals surface area contributed by atoms with Gasteiger partial charge in [-0.05, 0) is 36.8 Å². The number of nitrogens with zero attached hydrogens (tertiary/aromatic N) is 2. The fraction of sp³-hybridized carbons (Fsp3) is 0.143. The second kappa shape index (κ2) is 5.53. The number of hydrogen-bond donors (Lipinski definition) is 1. The topological polar surface area (TPSA) is 87.6 Å². The van der Waals surface area contributed by atoms with E-state index >= 15 is 0 Å². The fourth-order valence-corrected chi connectivity index (χ4v) is 3.27. The van der Waals surface area contributed by atoms with Gasteiger partial charge in [0.25, 0.3) is 10.0 Å². The Morgan fingerprint density at radius 1 is 1.29 bits per heavy atom. The number of sulfonamides is 1. The molecule has 1 aromatic heterocycles. The lowest BCUT2D eigenvalue weighted by atomic mass is 10.1. The fourth-order valence-electron chi connectivity index (χ4n) is 1.84. The van der Waals surface area contributed by atoms with Gasteiger partial charge in [-0.15, -0.1) is 0 Å². The molecule has 0 saturated heterocycles. The van der Waals surface area contributed by atoms with Gasteiger partial charge in [-0.25, -0.2) is 13.2 Å². The first-order valence-corrected chi connectivity index (χ1v) is 7.51. The molecule has 0 amide bonds. The Balaban J connectivity index is 2.54. The number of aromatic nitrogens is 1. The van der Waals surface area contributed by atoms with Crippen LogP contribution >= 0.6 is 0 Å². The Kier molecular flexibility index (Phi) is 3.95. The number of pyridine rings is 1.